The third-order valence-corrected chi connectivity index (χ3v) is 4.09. The fourth-order valence-electron chi connectivity index (χ4n) is 2.06. The van der Waals surface area contributed by atoms with E-state index in [4.69, 9.17) is 44.6 Å². The van der Waals surface area contributed by atoms with Gasteiger partial charge in [-0.2, -0.15) is 14.9 Å². The molecule has 0 spiro atoms. The maximum atomic E-state index is 6.06. The van der Waals surface area contributed by atoms with Crippen molar-refractivity contribution < 1.29 is 9.15 Å². The first kappa shape index (κ1) is 17.7. The van der Waals surface area contributed by atoms with Gasteiger partial charge in [-0.05, 0) is 36.5 Å². The molecule has 0 aliphatic carbocycles. The number of rotatable bonds is 6. The molecule has 0 saturated heterocycles. The summed E-state index contributed by atoms with van der Waals surface area (Å²) in [6.45, 7) is 2.19. The zero-order valence-electron chi connectivity index (χ0n) is 13.2. The summed E-state index contributed by atoms with van der Waals surface area (Å²) in [6, 6.07) is 8.62. The second-order valence-electron chi connectivity index (χ2n) is 5.02. The van der Waals surface area contributed by atoms with Crippen LogP contribution in [0.15, 0.2) is 39.9 Å². The highest BCUT2D eigenvalue weighted by Crippen LogP contribution is 2.28. The van der Waals surface area contributed by atoms with E-state index in [-0.39, 0.29) is 6.61 Å². The zero-order valence-corrected chi connectivity index (χ0v) is 15.5. The van der Waals surface area contributed by atoms with E-state index in [1.807, 2.05) is 6.92 Å². The number of nitrogens with zero attached hydrogens (tertiary/aromatic N) is 3. The minimum absolute atomic E-state index is 0.221. The number of ether oxygens (including phenoxy) is 1. The van der Waals surface area contributed by atoms with Crippen molar-refractivity contribution in [2.45, 2.75) is 20.0 Å². The van der Waals surface area contributed by atoms with Crippen LogP contribution in [0.4, 0.5) is 0 Å². The first-order valence-electron chi connectivity index (χ1n) is 7.44. The molecule has 0 saturated carbocycles. The van der Waals surface area contributed by atoms with Crippen molar-refractivity contribution in [2.24, 2.45) is 5.10 Å². The van der Waals surface area contributed by atoms with Gasteiger partial charge >= 0.3 is 0 Å². The molecular formula is C16H14Cl2N4O2S. The summed E-state index contributed by atoms with van der Waals surface area (Å²) < 4.78 is 13.3. The molecule has 3 rings (SSSR count). The van der Waals surface area contributed by atoms with Crippen LogP contribution in [0.1, 0.15) is 24.3 Å². The standard InChI is InChI=1S/C16H14Cl2N4O2S/c1-2-15-20-21-16(25)22(15)19-8-11-4-5-12(24-11)9-23-14-7-10(17)3-6-13(14)18/h3-8H,2,9H2,1H3,(H,21,25)/b19-8-. The molecular weight excluding hydrogens is 383 g/mol. The van der Waals surface area contributed by atoms with E-state index in [2.05, 4.69) is 15.3 Å². The SMILES string of the molecule is CCc1n[nH]c(=S)n1/N=C\c1ccc(COc2cc(Cl)ccc2Cl)o1. The monoisotopic (exact) mass is 396 g/mol. The number of aromatic amines is 1. The normalized spacial score (nSPS) is 11.3. The van der Waals surface area contributed by atoms with E-state index < -0.39 is 0 Å². The summed E-state index contributed by atoms with van der Waals surface area (Å²) in [5, 5.41) is 12.1. The average molecular weight is 397 g/mol. The van der Waals surface area contributed by atoms with Gasteiger partial charge in [0.15, 0.2) is 5.82 Å². The second-order valence-corrected chi connectivity index (χ2v) is 6.25. The molecule has 130 valence electrons. The lowest BCUT2D eigenvalue weighted by atomic mass is 10.3. The molecule has 6 nitrogen and oxygen atoms in total. The number of hydrogen-bond acceptors (Lipinski definition) is 5. The largest absolute Gasteiger partial charge is 0.484 e. The molecule has 0 aliphatic rings. The molecule has 0 atom stereocenters. The summed E-state index contributed by atoms with van der Waals surface area (Å²) in [5.41, 5.74) is 0. The number of aromatic nitrogens is 3. The number of aryl methyl sites for hydroxylation is 1. The summed E-state index contributed by atoms with van der Waals surface area (Å²) in [4.78, 5) is 0. The van der Waals surface area contributed by atoms with Crippen LogP contribution in [0.25, 0.3) is 0 Å². The number of nitrogens with one attached hydrogen (secondary N) is 1. The minimum atomic E-state index is 0.221. The van der Waals surface area contributed by atoms with Gasteiger partial charge in [0.05, 0.1) is 11.2 Å². The molecule has 0 radical (unpaired) electrons. The summed E-state index contributed by atoms with van der Waals surface area (Å²) in [6.07, 6.45) is 2.28. The van der Waals surface area contributed by atoms with E-state index in [1.165, 1.54) is 0 Å². The summed E-state index contributed by atoms with van der Waals surface area (Å²) >= 11 is 17.1. The lowest BCUT2D eigenvalue weighted by Crippen LogP contribution is -1.97. The van der Waals surface area contributed by atoms with Crippen LogP contribution >= 0.6 is 35.4 Å². The Morgan fingerprint density at radius 3 is 3.00 bits per heavy atom. The first-order chi connectivity index (χ1) is 12.1. The predicted molar refractivity (Wildman–Crippen MR) is 99.3 cm³/mol. The van der Waals surface area contributed by atoms with Gasteiger partial charge in [0.1, 0.15) is 23.9 Å². The van der Waals surface area contributed by atoms with E-state index in [0.717, 1.165) is 5.82 Å². The Morgan fingerprint density at radius 1 is 1.36 bits per heavy atom. The molecule has 2 heterocycles. The third-order valence-electron chi connectivity index (χ3n) is 3.28. The summed E-state index contributed by atoms with van der Waals surface area (Å²) in [5.74, 6) is 2.44. The topological polar surface area (TPSA) is 68.3 Å². The molecule has 3 aromatic rings. The molecule has 0 bridgehead atoms. The van der Waals surface area contributed by atoms with E-state index in [0.29, 0.717) is 38.5 Å². The fourth-order valence-corrected chi connectivity index (χ4v) is 2.60. The molecule has 25 heavy (non-hydrogen) atoms. The van der Waals surface area contributed by atoms with Crippen LogP contribution in [0.2, 0.25) is 10.0 Å². The molecule has 0 amide bonds. The van der Waals surface area contributed by atoms with Gasteiger partial charge in [-0.1, -0.05) is 30.1 Å². The van der Waals surface area contributed by atoms with Crippen LogP contribution in [0, 0.1) is 4.77 Å². The lowest BCUT2D eigenvalue weighted by molar-refractivity contribution is 0.270. The first-order valence-corrected chi connectivity index (χ1v) is 8.60. The third kappa shape index (κ3) is 4.31. The summed E-state index contributed by atoms with van der Waals surface area (Å²) in [7, 11) is 0. The molecule has 2 aromatic heterocycles. The molecule has 1 aromatic carbocycles. The van der Waals surface area contributed by atoms with Crippen LogP contribution in [0.3, 0.4) is 0 Å². The Balaban J connectivity index is 1.68. The predicted octanol–water partition coefficient (Wildman–Crippen LogP) is 4.86. The molecule has 9 heteroatoms. The minimum Gasteiger partial charge on any atom is -0.484 e. The van der Waals surface area contributed by atoms with Crippen molar-refractivity contribution in [2.75, 3.05) is 0 Å². The number of benzene rings is 1. The van der Waals surface area contributed by atoms with Gasteiger partial charge < -0.3 is 9.15 Å². The Bertz CT molecular complexity index is 961. The van der Waals surface area contributed by atoms with Gasteiger partial charge in [0.25, 0.3) is 0 Å². The van der Waals surface area contributed by atoms with Crippen molar-refractivity contribution in [1.29, 1.82) is 0 Å². The van der Waals surface area contributed by atoms with Crippen molar-refractivity contribution >= 4 is 41.6 Å². The van der Waals surface area contributed by atoms with Gasteiger partial charge in [-0.3, -0.25) is 5.10 Å². The van der Waals surface area contributed by atoms with Crippen molar-refractivity contribution in [1.82, 2.24) is 14.9 Å². The van der Waals surface area contributed by atoms with Crippen molar-refractivity contribution in [3.05, 3.63) is 62.5 Å². The Kier molecular flexibility index (Phi) is 5.57. The quantitative estimate of drug-likeness (QED) is 0.476. The molecule has 0 unspecified atom stereocenters. The lowest BCUT2D eigenvalue weighted by Gasteiger charge is -2.06. The number of H-pyrrole nitrogens is 1. The van der Waals surface area contributed by atoms with Gasteiger partial charge in [0, 0.05) is 17.5 Å². The molecule has 0 fully saturated rings. The van der Waals surface area contributed by atoms with Gasteiger partial charge in [-0.25, -0.2) is 0 Å². The highest BCUT2D eigenvalue weighted by Gasteiger charge is 2.06. The fraction of sp³-hybridized carbons (Fsp3) is 0.188. The van der Waals surface area contributed by atoms with Gasteiger partial charge in [0.2, 0.25) is 4.77 Å². The molecule has 1 N–H and O–H groups in total. The highest BCUT2D eigenvalue weighted by atomic mass is 35.5. The number of furan rings is 1. The van der Waals surface area contributed by atoms with E-state index >= 15 is 0 Å². The van der Waals surface area contributed by atoms with Crippen LogP contribution in [-0.2, 0) is 13.0 Å². The smallest absolute Gasteiger partial charge is 0.216 e. The van der Waals surface area contributed by atoms with E-state index in [9.17, 15) is 0 Å². The Labute approximate surface area is 159 Å². The van der Waals surface area contributed by atoms with Gasteiger partial charge in [-0.15, -0.1) is 0 Å². The Hall–Kier alpha value is -2.09. The van der Waals surface area contributed by atoms with E-state index in [1.54, 1.807) is 41.2 Å². The highest BCUT2D eigenvalue weighted by molar-refractivity contribution is 7.71. The van der Waals surface area contributed by atoms with Crippen molar-refractivity contribution in [3.63, 3.8) is 0 Å². The van der Waals surface area contributed by atoms with Crippen LogP contribution in [0.5, 0.6) is 5.75 Å². The zero-order chi connectivity index (χ0) is 17.8. The number of halogens is 2. The van der Waals surface area contributed by atoms with Crippen LogP contribution in [-0.4, -0.2) is 21.1 Å². The average Bonchev–Trinajstić information content (AvgIpc) is 3.20. The van der Waals surface area contributed by atoms with Crippen molar-refractivity contribution in [3.8, 4) is 5.75 Å². The maximum Gasteiger partial charge on any atom is 0.216 e. The Morgan fingerprint density at radius 2 is 2.20 bits per heavy atom. The number of hydrogen-bond donors (Lipinski definition) is 1. The molecule has 0 aliphatic heterocycles. The maximum absolute atomic E-state index is 6.06. The van der Waals surface area contributed by atoms with Crippen LogP contribution < -0.4 is 4.74 Å². The second kappa shape index (κ2) is 7.86.